The van der Waals surface area contributed by atoms with Gasteiger partial charge in [0.2, 0.25) is 0 Å². The summed E-state index contributed by atoms with van der Waals surface area (Å²) in [5.41, 5.74) is -1.25. The minimum absolute atomic E-state index is 0.0445. The van der Waals surface area contributed by atoms with E-state index in [1.54, 1.807) is 19.1 Å². The van der Waals surface area contributed by atoms with Gasteiger partial charge in [0.1, 0.15) is 0 Å². The second-order valence-electron chi connectivity index (χ2n) is 7.69. The van der Waals surface area contributed by atoms with E-state index in [1.807, 2.05) is 30.3 Å². The van der Waals surface area contributed by atoms with Crippen LogP contribution in [0.5, 0.6) is 0 Å². The van der Waals surface area contributed by atoms with Crippen molar-refractivity contribution in [2.24, 2.45) is 16.9 Å². The molecule has 29 heavy (non-hydrogen) atoms. The number of nitrogens with zero attached hydrogens (tertiary/aromatic N) is 2. The van der Waals surface area contributed by atoms with Gasteiger partial charge in [-0.15, -0.1) is 0 Å². The quantitative estimate of drug-likeness (QED) is 0.781. The molecule has 2 aromatic rings. The largest absolute Gasteiger partial charge is 0.439 e. The number of hydrogen-bond acceptors (Lipinski definition) is 3. The SMILES string of the molecule is C[C@@H]1CCC[C@@H]2C1=NN(C(=O)c1ccc(-c3ccccc3)cc1)[C@]2(O)C(F)(F)F. The second kappa shape index (κ2) is 6.99. The monoisotopic (exact) mass is 402 g/mol. The Morgan fingerprint density at radius 3 is 2.31 bits per heavy atom. The summed E-state index contributed by atoms with van der Waals surface area (Å²) >= 11 is 0. The Balaban J connectivity index is 1.69. The van der Waals surface area contributed by atoms with Crippen LogP contribution in [0.1, 0.15) is 36.5 Å². The molecule has 7 heteroatoms. The first-order valence-electron chi connectivity index (χ1n) is 9.61. The Morgan fingerprint density at radius 2 is 1.69 bits per heavy atom. The number of benzene rings is 2. The van der Waals surface area contributed by atoms with E-state index in [-0.39, 0.29) is 28.6 Å². The molecule has 4 nitrogen and oxygen atoms in total. The lowest BCUT2D eigenvalue weighted by Crippen LogP contribution is -2.61. The molecule has 1 amide bonds. The minimum Gasteiger partial charge on any atom is -0.362 e. The van der Waals surface area contributed by atoms with Crippen LogP contribution in [0.4, 0.5) is 13.2 Å². The van der Waals surface area contributed by atoms with Crippen molar-refractivity contribution < 1.29 is 23.1 Å². The highest BCUT2D eigenvalue weighted by atomic mass is 19.4. The van der Waals surface area contributed by atoms with E-state index in [4.69, 9.17) is 0 Å². The zero-order chi connectivity index (χ0) is 20.8. The van der Waals surface area contributed by atoms with Gasteiger partial charge in [0.05, 0.1) is 5.92 Å². The number of carbonyl (C=O) groups is 1. The molecule has 0 bridgehead atoms. The summed E-state index contributed by atoms with van der Waals surface area (Å²) in [4.78, 5) is 13.0. The Labute approximate surface area is 166 Å². The van der Waals surface area contributed by atoms with E-state index in [1.165, 1.54) is 12.1 Å². The zero-order valence-electron chi connectivity index (χ0n) is 15.9. The normalized spacial score (nSPS) is 26.8. The molecule has 0 radical (unpaired) electrons. The van der Waals surface area contributed by atoms with Crippen molar-refractivity contribution >= 4 is 11.6 Å². The molecule has 0 unspecified atom stereocenters. The third-order valence-corrected chi connectivity index (χ3v) is 5.86. The molecule has 0 aromatic heterocycles. The zero-order valence-corrected chi connectivity index (χ0v) is 15.9. The van der Waals surface area contributed by atoms with Crippen LogP contribution in [-0.2, 0) is 0 Å². The van der Waals surface area contributed by atoms with E-state index in [0.717, 1.165) is 11.1 Å². The lowest BCUT2D eigenvalue weighted by atomic mass is 9.75. The smallest absolute Gasteiger partial charge is 0.362 e. The lowest BCUT2D eigenvalue weighted by molar-refractivity contribution is -0.312. The van der Waals surface area contributed by atoms with E-state index in [0.29, 0.717) is 12.8 Å². The predicted molar refractivity (Wildman–Crippen MR) is 103 cm³/mol. The van der Waals surface area contributed by atoms with Crippen molar-refractivity contribution in [3.05, 3.63) is 60.2 Å². The van der Waals surface area contributed by atoms with Crippen LogP contribution in [0, 0.1) is 11.8 Å². The lowest BCUT2D eigenvalue weighted by Gasteiger charge is -2.39. The van der Waals surface area contributed by atoms with Gasteiger partial charge in [-0.1, -0.05) is 55.8 Å². The van der Waals surface area contributed by atoms with Gasteiger partial charge in [-0.3, -0.25) is 4.79 Å². The van der Waals surface area contributed by atoms with Gasteiger partial charge in [0.15, 0.2) is 0 Å². The maximum absolute atomic E-state index is 13.9. The van der Waals surface area contributed by atoms with Gasteiger partial charge in [-0.05, 0) is 42.0 Å². The molecule has 1 fully saturated rings. The third-order valence-electron chi connectivity index (χ3n) is 5.86. The van der Waals surface area contributed by atoms with Crippen LogP contribution in [0.25, 0.3) is 11.1 Å². The average Bonchev–Trinajstić information content (AvgIpc) is 3.04. The molecule has 2 aromatic carbocycles. The average molecular weight is 402 g/mol. The molecule has 1 N–H and O–H groups in total. The fraction of sp³-hybridized carbons (Fsp3) is 0.364. The van der Waals surface area contributed by atoms with Crippen LogP contribution in [0.3, 0.4) is 0 Å². The van der Waals surface area contributed by atoms with Crippen LogP contribution in [0.15, 0.2) is 59.7 Å². The Bertz CT molecular complexity index is 941. The number of hydrazone groups is 1. The maximum Gasteiger partial charge on any atom is 0.439 e. The molecule has 1 saturated carbocycles. The number of rotatable bonds is 2. The molecule has 0 saturated heterocycles. The first-order valence-corrected chi connectivity index (χ1v) is 9.61. The Kier molecular flexibility index (Phi) is 4.73. The summed E-state index contributed by atoms with van der Waals surface area (Å²) in [6, 6.07) is 15.7. The molecular weight excluding hydrogens is 381 g/mol. The topological polar surface area (TPSA) is 52.9 Å². The molecule has 3 atom stereocenters. The fourth-order valence-electron chi connectivity index (χ4n) is 4.26. The standard InChI is InChI=1S/C22H21F3N2O2/c1-14-6-5-9-18-19(14)26-27(21(18,29)22(23,24)25)20(28)17-12-10-16(11-13-17)15-7-3-2-4-8-15/h2-4,7-8,10-14,18,29H,5-6,9H2,1H3/t14-,18-,21-/m1/s1. The molecule has 152 valence electrons. The van der Waals surface area contributed by atoms with E-state index < -0.39 is 23.7 Å². The molecule has 4 rings (SSSR count). The number of amides is 1. The van der Waals surface area contributed by atoms with E-state index >= 15 is 0 Å². The number of carbonyl (C=O) groups excluding carboxylic acids is 1. The number of fused-ring (bicyclic) bond motifs is 1. The highest BCUT2D eigenvalue weighted by Gasteiger charge is 2.69. The number of alkyl halides is 3. The van der Waals surface area contributed by atoms with Gasteiger partial charge in [0.25, 0.3) is 11.6 Å². The fourth-order valence-corrected chi connectivity index (χ4v) is 4.26. The summed E-state index contributed by atoms with van der Waals surface area (Å²) in [5, 5.41) is 15.0. The molecule has 2 aliphatic rings. The summed E-state index contributed by atoms with van der Waals surface area (Å²) in [5.74, 6) is -2.39. The Hall–Kier alpha value is -2.67. The molecule has 0 spiro atoms. The van der Waals surface area contributed by atoms with Gasteiger partial charge in [-0.2, -0.15) is 23.3 Å². The maximum atomic E-state index is 13.9. The number of hydrogen-bond donors (Lipinski definition) is 1. The van der Waals surface area contributed by atoms with Gasteiger partial charge in [0, 0.05) is 11.3 Å². The van der Waals surface area contributed by atoms with Crippen molar-refractivity contribution in [1.29, 1.82) is 0 Å². The Morgan fingerprint density at radius 1 is 1.07 bits per heavy atom. The number of halogens is 3. The van der Waals surface area contributed by atoms with Crippen LogP contribution < -0.4 is 0 Å². The van der Waals surface area contributed by atoms with Crippen LogP contribution in [0.2, 0.25) is 0 Å². The second-order valence-corrected chi connectivity index (χ2v) is 7.69. The highest BCUT2D eigenvalue weighted by molar-refractivity contribution is 6.00. The van der Waals surface area contributed by atoms with Crippen molar-refractivity contribution in [3.8, 4) is 11.1 Å². The first kappa shape index (κ1) is 19.6. The molecule has 1 aliphatic heterocycles. The molecule has 1 heterocycles. The van der Waals surface area contributed by atoms with Crippen LogP contribution >= 0.6 is 0 Å². The number of aliphatic hydroxyl groups is 1. The van der Waals surface area contributed by atoms with Crippen molar-refractivity contribution in [3.63, 3.8) is 0 Å². The highest BCUT2D eigenvalue weighted by Crippen LogP contribution is 2.49. The summed E-state index contributed by atoms with van der Waals surface area (Å²) in [6.07, 6.45) is -3.62. The van der Waals surface area contributed by atoms with Crippen molar-refractivity contribution in [1.82, 2.24) is 5.01 Å². The van der Waals surface area contributed by atoms with Crippen molar-refractivity contribution in [2.75, 3.05) is 0 Å². The predicted octanol–water partition coefficient (Wildman–Crippen LogP) is 4.85. The summed E-state index contributed by atoms with van der Waals surface area (Å²) in [7, 11) is 0. The van der Waals surface area contributed by atoms with Gasteiger partial charge in [-0.25, -0.2) is 0 Å². The van der Waals surface area contributed by atoms with Crippen LogP contribution in [-0.4, -0.2) is 33.6 Å². The van der Waals surface area contributed by atoms with Crippen molar-refractivity contribution in [2.45, 2.75) is 38.1 Å². The summed E-state index contributed by atoms with van der Waals surface area (Å²) in [6.45, 7) is 1.78. The summed E-state index contributed by atoms with van der Waals surface area (Å²) < 4.78 is 41.8. The van der Waals surface area contributed by atoms with Gasteiger partial charge < -0.3 is 5.11 Å². The first-order chi connectivity index (χ1) is 13.7. The van der Waals surface area contributed by atoms with E-state index in [9.17, 15) is 23.1 Å². The third kappa shape index (κ3) is 3.13. The minimum atomic E-state index is -5.01. The molecule has 1 aliphatic carbocycles. The van der Waals surface area contributed by atoms with E-state index in [2.05, 4.69) is 5.10 Å². The van der Waals surface area contributed by atoms with Gasteiger partial charge >= 0.3 is 6.18 Å². The molecular formula is C22H21F3N2O2.